The van der Waals surface area contributed by atoms with Gasteiger partial charge in [-0.3, -0.25) is 28.8 Å². The second-order valence-electron chi connectivity index (χ2n) is 16.8. The van der Waals surface area contributed by atoms with Crippen LogP contribution in [0.2, 0.25) is 0 Å². The molecule has 5 aromatic carbocycles. The van der Waals surface area contributed by atoms with E-state index in [-0.39, 0.29) is 50.5 Å². The Bertz CT molecular complexity index is 2530. The van der Waals surface area contributed by atoms with Crippen LogP contribution in [0.1, 0.15) is 59.1 Å². The molecule has 13 nitrogen and oxygen atoms in total. The van der Waals surface area contributed by atoms with Gasteiger partial charge in [-0.1, -0.05) is 115 Å². The van der Waals surface area contributed by atoms with Crippen molar-refractivity contribution < 1.29 is 51.8 Å². The predicted molar refractivity (Wildman–Crippen MR) is 247 cm³/mol. The van der Waals surface area contributed by atoms with Gasteiger partial charge in [0.2, 0.25) is 29.5 Å². The Morgan fingerprint density at radius 3 is 1.74 bits per heavy atom. The Morgan fingerprint density at radius 1 is 0.603 bits per heavy atom. The molecule has 16 heteroatoms. The third kappa shape index (κ3) is 15.2. The van der Waals surface area contributed by atoms with Crippen LogP contribution in [0.25, 0.3) is 0 Å². The fraction of sp³-hybridized carbons (Fsp3) is 0.288. The minimum atomic E-state index is -4.65. The third-order valence-electron chi connectivity index (χ3n) is 11.6. The number of aryl methyl sites for hydroxylation is 1. The largest absolute Gasteiger partial charge is 0.480 e. The molecule has 2 heterocycles. The summed E-state index contributed by atoms with van der Waals surface area (Å²) in [7, 11) is 0. The summed E-state index contributed by atoms with van der Waals surface area (Å²) in [6.45, 7) is 0. The van der Waals surface area contributed by atoms with Gasteiger partial charge in [0.1, 0.15) is 18.1 Å². The zero-order valence-corrected chi connectivity index (χ0v) is 37.0. The Morgan fingerprint density at radius 2 is 1.13 bits per heavy atom. The number of fused-ring (bicyclic) bond motifs is 18. The topological polar surface area (TPSA) is 200 Å². The van der Waals surface area contributed by atoms with E-state index in [4.69, 9.17) is 0 Å². The maximum absolute atomic E-state index is 14.7. The summed E-state index contributed by atoms with van der Waals surface area (Å²) < 4.78 is 40.7. The fourth-order valence-corrected chi connectivity index (χ4v) is 7.85. The van der Waals surface area contributed by atoms with Crippen LogP contribution < -0.4 is 26.6 Å². The summed E-state index contributed by atoms with van der Waals surface area (Å²) in [6.07, 6.45) is -5.85. The highest BCUT2D eigenvalue weighted by Gasteiger charge is 2.35. The number of benzene rings is 5. The summed E-state index contributed by atoms with van der Waals surface area (Å²) in [5.41, 5.74) is 2.34. The van der Waals surface area contributed by atoms with Crippen molar-refractivity contribution >= 4 is 47.0 Å². The molecule has 0 spiro atoms. The van der Waals surface area contributed by atoms with Crippen molar-refractivity contribution in [3.8, 4) is 0 Å². The van der Waals surface area contributed by atoms with Crippen LogP contribution in [0.15, 0.2) is 140 Å². The predicted octanol–water partition coefficient (Wildman–Crippen LogP) is 5.94. The number of amides is 5. The molecule has 0 unspecified atom stereocenters. The molecule has 6 N–H and O–H groups in total. The second kappa shape index (κ2) is 23.7. The highest BCUT2D eigenvalue weighted by atomic mass is 19.4. The van der Waals surface area contributed by atoms with Gasteiger partial charge in [0.05, 0.1) is 11.6 Å². The molecule has 0 saturated carbocycles. The van der Waals surface area contributed by atoms with E-state index in [1.165, 1.54) is 12.1 Å². The van der Waals surface area contributed by atoms with Gasteiger partial charge < -0.3 is 31.7 Å². The second-order valence-corrected chi connectivity index (χ2v) is 16.8. The lowest BCUT2D eigenvalue weighted by Gasteiger charge is -2.27. The van der Waals surface area contributed by atoms with Crippen molar-refractivity contribution in [3.05, 3.63) is 173 Å². The molecular formula is C52H52F3N5O8. The number of alkyl halides is 3. The van der Waals surface area contributed by atoms with Crippen molar-refractivity contribution in [1.29, 1.82) is 0 Å². The van der Waals surface area contributed by atoms with Gasteiger partial charge in [0, 0.05) is 43.7 Å². The van der Waals surface area contributed by atoms with Crippen molar-refractivity contribution in [3.63, 3.8) is 0 Å². The molecule has 68 heavy (non-hydrogen) atoms. The molecule has 7 rings (SSSR count). The van der Waals surface area contributed by atoms with Crippen LogP contribution in [-0.4, -0.2) is 70.6 Å². The van der Waals surface area contributed by atoms with E-state index in [1.54, 1.807) is 97.1 Å². The molecular weight excluding hydrogens is 880 g/mol. The normalized spacial score (nSPS) is 19.3. The molecule has 2 aliphatic rings. The number of anilines is 1. The van der Waals surface area contributed by atoms with Gasteiger partial charge in [0.15, 0.2) is 5.78 Å². The Labute approximate surface area is 391 Å². The van der Waals surface area contributed by atoms with Gasteiger partial charge in [-0.15, -0.1) is 0 Å². The summed E-state index contributed by atoms with van der Waals surface area (Å²) in [5, 5.41) is 23.6. The minimum Gasteiger partial charge on any atom is -0.480 e. The number of ketones is 1. The van der Waals surface area contributed by atoms with Gasteiger partial charge in [0.25, 0.3) is 0 Å². The van der Waals surface area contributed by atoms with Crippen molar-refractivity contribution in [1.82, 2.24) is 21.3 Å². The quantitative estimate of drug-likeness (QED) is 0.0826. The van der Waals surface area contributed by atoms with Crippen LogP contribution in [-0.2, 0) is 71.8 Å². The highest BCUT2D eigenvalue weighted by Crippen LogP contribution is 2.29. The average Bonchev–Trinajstić information content (AvgIpc) is 3.32. The first-order chi connectivity index (χ1) is 32.6. The van der Waals surface area contributed by atoms with E-state index in [0.29, 0.717) is 28.8 Å². The number of carboxylic acids is 1. The first-order valence-electron chi connectivity index (χ1n) is 22.2. The SMILES string of the molecule is O=C1CCC(=O)N[C@H](CCc2ccccc2)C(=O)N[C@@H](Cc2ccc(C(F)(F)F)cc2)C(=O)N[C@H](Cc2ccccc2)C(=O)C[C@@H](C(=O)N[C@@H](Cc2ccccc2)C(=O)O)Cc2ccc(cc2)N1. The van der Waals surface area contributed by atoms with E-state index >= 15 is 0 Å². The minimum absolute atomic E-state index is 0.0517. The number of hydrogen-bond donors (Lipinski definition) is 6. The molecule has 0 aliphatic carbocycles. The molecule has 0 radical (unpaired) electrons. The van der Waals surface area contributed by atoms with E-state index in [0.717, 1.165) is 17.7 Å². The molecule has 5 atom stereocenters. The molecule has 2 aliphatic heterocycles. The van der Waals surface area contributed by atoms with Gasteiger partial charge >= 0.3 is 12.1 Å². The molecule has 354 valence electrons. The first-order valence-corrected chi connectivity index (χ1v) is 22.2. The van der Waals surface area contributed by atoms with E-state index < -0.39 is 89.5 Å². The molecule has 0 saturated heterocycles. The van der Waals surface area contributed by atoms with E-state index in [2.05, 4.69) is 26.6 Å². The number of carbonyl (C=O) groups is 7. The van der Waals surface area contributed by atoms with Crippen LogP contribution in [0.3, 0.4) is 0 Å². The number of halogens is 3. The van der Waals surface area contributed by atoms with E-state index in [1.807, 2.05) is 18.2 Å². The smallest absolute Gasteiger partial charge is 0.416 e. The Kier molecular flexibility index (Phi) is 17.4. The highest BCUT2D eigenvalue weighted by molar-refractivity contribution is 5.97. The Balaban J connectivity index is 1.37. The molecule has 2 bridgehead atoms. The first kappa shape index (κ1) is 49.8. The van der Waals surface area contributed by atoms with Crippen molar-refractivity contribution in [2.75, 3.05) is 5.32 Å². The number of carboxylic acid groups (broad SMARTS) is 1. The van der Waals surface area contributed by atoms with Gasteiger partial charge in [-0.25, -0.2) is 4.79 Å². The molecule has 0 fully saturated rings. The lowest BCUT2D eigenvalue weighted by molar-refractivity contribution is -0.142. The standard InChI is InChI=1S/C52H52F3N5O8/c53-52(54,55)39-21-16-37(17-22-39)30-43-50(66)58-42(29-34-12-6-2-7-13-34)45(61)32-38(48(64)60-44(51(67)68)31-35-14-8-3-9-15-35)28-36-18-23-40(24-19-36)56-46(62)26-27-47(63)57-41(49(65)59-43)25-20-33-10-4-1-5-11-33/h1-19,21-24,38,41-44H,20,25-32H2,(H,56,62)(H,57,63)(H,58,66)(H,59,65)(H,60,64)(H,67,68)/t38-,41+,42+,43-,44-/m0/s1. The van der Waals surface area contributed by atoms with Crippen LogP contribution in [0, 0.1) is 5.92 Å². The van der Waals surface area contributed by atoms with Crippen LogP contribution in [0.4, 0.5) is 18.9 Å². The number of rotatable bonds is 12. The Hall–Kier alpha value is -7.62. The lowest BCUT2D eigenvalue weighted by Crippen LogP contribution is -2.57. The maximum atomic E-state index is 14.7. The summed E-state index contributed by atoms with van der Waals surface area (Å²) in [6, 6.07) is 31.5. The summed E-state index contributed by atoms with van der Waals surface area (Å²) in [4.78, 5) is 96.6. The molecule has 5 aromatic rings. The van der Waals surface area contributed by atoms with Crippen LogP contribution in [0.5, 0.6) is 0 Å². The van der Waals surface area contributed by atoms with Gasteiger partial charge in [-0.05, 0) is 77.8 Å². The average molecular weight is 932 g/mol. The third-order valence-corrected chi connectivity index (χ3v) is 11.6. The number of Topliss-reactive ketones (excluding diaryl/α,β-unsaturated/α-hetero) is 1. The monoisotopic (exact) mass is 931 g/mol. The lowest BCUT2D eigenvalue weighted by atomic mass is 9.89. The molecule has 5 amide bonds. The van der Waals surface area contributed by atoms with Crippen molar-refractivity contribution in [2.45, 2.75) is 88.1 Å². The number of nitrogens with one attached hydrogen (secondary N) is 5. The molecule has 0 aromatic heterocycles. The van der Waals surface area contributed by atoms with Crippen LogP contribution >= 0.6 is 0 Å². The summed E-state index contributed by atoms with van der Waals surface area (Å²) in [5.74, 6) is -6.65. The van der Waals surface area contributed by atoms with E-state index in [9.17, 15) is 51.8 Å². The number of carbonyl (C=O) groups excluding carboxylic acids is 6. The summed E-state index contributed by atoms with van der Waals surface area (Å²) >= 11 is 0. The van der Waals surface area contributed by atoms with Gasteiger partial charge in [-0.2, -0.15) is 13.2 Å². The number of hydrogen-bond acceptors (Lipinski definition) is 7. The maximum Gasteiger partial charge on any atom is 0.416 e. The fourth-order valence-electron chi connectivity index (χ4n) is 7.85. The zero-order valence-electron chi connectivity index (χ0n) is 37.0. The zero-order chi connectivity index (χ0) is 48.6. The van der Waals surface area contributed by atoms with Crippen molar-refractivity contribution in [2.24, 2.45) is 5.92 Å². The number of aliphatic carboxylic acids is 1.